The molecule has 4 nitrogen and oxygen atoms in total. The van der Waals surface area contributed by atoms with E-state index in [0.29, 0.717) is 11.1 Å². The molecule has 0 amide bonds. The summed E-state index contributed by atoms with van der Waals surface area (Å²) in [6.07, 6.45) is 15.0. The number of phenolic OH excluding ortho intramolecular Hbond substituents is 2. The van der Waals surface area contributed by atoms with E-state index in [1.807, 2.05) is 54.6 Å². The first-order valence-corrected chi connectivity index (χ1v) is 11.7. The lowest BCUT2D eigenvalue weighted by atomic mass is 9.97. The van der Waals surface area contributed by atoms with Gasteiger partial charge in [-0.2, -0.15) is 0 Å². The molecule has 4 rings (SSSR count). The molecule has 0 spiro atoms. The van der Waals surface area contributed by atoms with Crippen molar-refractivity contribution in [3.63, 3.8) is 0 Å². The third-order valence-electron chi connectivity index (χ3n) is 5.68. The van der Waals surface area contributed by atoms with E-state index >= 15 is 0 Å². The molecule has 34 heavy (non-hydrogen) atoms. The Morgan fingerprint density at radius 3 is 2.09 bits per heavy atom. The molecule has 0 atom stereocenters. The van der Waals surface area contributed by atoms with Gasteiger partial charge in [0.1, 0.15) is 17.3 Å². The maximum Gasteiger partial charge on any atom is 0.343 e. The first-order valence-electron chi connectivity index (χ1n) is 11.7. The molecular weight excluding hydrogens is 424 g/mol. The second-order valence-electron chi connectivity index (χ2n) is 8.27. The van der Waals surface area contributed by atoms with Gasteiger partial charge in [-0.3, -0.25) is 0 Å². The fourth-order valence-corrected chi connectivity index (χ4v) is 3.95. The minimum Gasteiger partial charge on any atom is -0.507 e. The Labute approximate surface area is 201 Å². The highest BCUT2D eigenvalue weighted by Crippen LogP contribution is 2.37. The molecule has 2 aliphatic rings. The molecule has 0 fully saturated rings. The van der Waals surface area contributed by atoms with Crippen molar-refractivity contribution in [1.29, 1.82) is 0 Å². The zero-order chi connectivity index (χ0) is 24.5. The van der Waals surface area contributed by atoms with Crippen LogP contribution in [0.25, 0.3) is 11.1 Å². The smallest absolute Gasteiger partial charge is 0.343 e. The minimum atomic E-state index is -0.182. The highest BCUT2D eigenvalue weighted by atomic mass is 16.5. The fraction of sp³-hybridized carbons (Fsp3) is 0.233. The van der Waals surface area contributed by atoms with Crippen molar-refractivity contribution < 1.29 is 19.7 Å². The van der Waals surface area contributed by atoms with Crippen molar-refractivity contribution in [3.8, 4) is 22.6 Å². The van der Waals surface area contributed by atoms with Crippen molar-refractivity contribution >= 4 is 5.97 Å². The fourth-order valence-electron chi connectivity index (χ4n) is 3.95. The Balaban J connectivity index is 0.000000202. The van der Waals surface area contributed by atoms with Crippen molar-refractivity contribution in [2.45, 2.75) is 45.4 Å². The summed E-state index contributed by atoms with van der Waals surface area (Å²) in [5.41, 5.74) is 5.22. The molecule has 0 unspecified atom stereocenters. The van der Waals surface area contributed by atoms with Gasteiger partial charge >= 0.3 is 5.97 Å². The number of benzene rings is 2. The van der Waals surface area contributed by atoms with Gasteiger partial charge in [0.25, 0.3) is 0 Å². The Kier molecular flexibility index (Phi) is 8.69. The van der Waals surface area contributed by atoms with E-state index in [4.69, 9.17) is 4.74 Å². The molecule has 2 aromatic rings. The SMILES string of the molecule is C=CCc1ccc(O)c(-c2cc(CC=C)ccc2O)c1.CCC/C=C1/OC(=O)C2=C1CCC=C2. The van der Waals surface area contributed by atoms with E-state index in [9.17, 15) is 15.0 Å². The number of cyclic esters (lactones) is 1. The van der Waals surface area contributed by atoms with Crippen LogP contribution in [0.1, 0.15) is 43.7 Å². The maximum atomic E-state index is 11.4. The van der Waals surface area contributed by atoms with E-state index in [-0.39, 0.29) is 17.5 Å². The van der Waals surface area contributed by atoms with E-state index in [1.54, 1.807) is 12.1 Å². The quantitative estimate of drug-likeness (QED) is 0.345. The topological polar surface area (TPSA) is 66.8 Å². The predicted molar refractivity (Wildman–Crippen MR) is 137 cm³/mol. The molecule has 0 saturated carbocycles. The van der Waals surface area contributed by atoms with E-state index in [2.05, 4.69) is 20.1 Å². The zero-order valence-electron chi connectivity index (χ0n) is 19.7. The van der Waals surface area contributed by atoms with Crippen molar-refractivity contribution in [1.82, 2.24) is 0 Å². The Hall–Kier alpha value is -3.79. The normalized spacial score (nSPS) is 15.4. The molecule has 2 N–H and O–H groups in total. The minimum absolute atomic E-state index is 0.156. The van der Waals surface area contributed by atoms with E-state index < -0.39 is 0 Å². The lowest BCUT2D eigenvalue weighted by Crippen LogP contribution is -1.97. The summed E-state index contributed by atoms with van der Waals surface area (Å²) in [7, 11) is 0. The first kappa shape index (κ1) is 24.8. The van der Waals surface area contributed by atoms with Crippen molar-refractivity contribution in [2.24, 2.45) is 0 Å². The number of esters is 1. The van der Waals surface area contributed by atoms with Gasteiger partial charge in [-0.05, 0) is 73.6 Å². The monoisotopic (exact) mass is 456 g/mol. The van der Waals surface area contributed by atoms with E-state index in [0.717, 1.165) is 66.6 Å². The number of carbonyl (C=O) groups is 1. The van der Waals surface area contributed by atoms with Crippen LogP contribution in [-0.2, 0) is 22.4 Å². The van der Waals surface area contributed by atoms with E-state index in [1.165, 1.54) is 0 Å². The van der Waals surface area contributed by atoms with Gasteiger partial charge in [0, 0.05) is 16.7 Å². The summed E-state index contributed by atoms with van der Waals surface area (Å²) in [6.45, 7) is 9.54. The Morgan fingerprint density at radius 1 is 0.971 bits per heavy atom. The van der Waals surface area contributed by atoms with Gasteiger partial charge in [0.2, 0.25) is 0 Å². The number of rotatable bonds is 7. The van der Waals surface area contributed by atoms with Crippen molar-refractivity contribution in [3.05, 3.63) is 108 Å². The molecule has 176 valence electrons. The second kappa shape index (κ2) is 11.9. The largest absolute Gasteiger partial charge is 0.507 e. The van der Waals surface area contributed by atoms with Crippen molar-refractivity contribution in [2.75, 3.05) is 0 Å². The average molecular weight is 457 g/mol. The molecule has 0 bridgehead atoms. The number of hydrogen-bond donors (Lipinski definition) is 2. The van der Waals surface area contributed by atoms with Crippen LogP contribution in [-0.4, -0.2) is 16.2 Å². The Bertz CT molecular complexity index is 1110. The van der Waals surface area contributed by atoms with Gasteiger partial charge in [-0.25, -0.2) is 4.79 Å². The van der Waals surface area contributed by atoms with Crippen LogP contribution < -0.4 is 0 Å². The van der Waals surface area contributed by atoms with Crippen LogP contribution >= 0.6 is 0 Å². The van der Waals surface area contributed by atoms with Crippen LogP contribution in [0.3, 0.4) is 0 Å². The van der Waals surface area contributed by atoms with Gasteiger partial charge in [-0.15, -0.1) is 13.2 Å². The number of hydrogen-bond acceptors (Lipinski definition) is 4. The summed E-state index contributed by atoms with van der Waals surface area (Å²) < 4.78 is 5.21. The number of ether oxygens (including phenoxy) is 1. The molecule has 1 heterocycles. The molecule has 0 radical (unpaired) electrons. The average Bonchev–Trinajstić information content (AvgIpc) is 3.17. The number of allylic oxidation sites excluding steroid dienone is 5. The summed E-state index contributed by atoms with van der Waals surface area (Å²) in [5.74, 6) is 0.933. The Morgan fingerprint density at radius 2 is 1.56 bits per heavy atom. The summed E-state index contributed by atoms with van der Waals surface area (Å²) >= 11 is 0. The number of aromatic hydroxyl groups is 2. The summed E-state index contributed by atoms with van der Waals surface area (Å²) in [5, 5.41) is 20.1. The lowest BCUT2D eigenvalue weighted by Gasteiger charge is -2.10. The molecule has 2 aromatic carbocycles. The van der Waals surface area contributed by atoms with Gasteiger partial charge in [0.15, 0.2) is 0 Å². The highest BCUT2D eigenvalue weighted by molar-refractivity contribution is 5.97. The standard InChI is InChI=1S/C18H18O2.C12H14O2/c1-3-5-13-7-9-17(19)15(11-13)16-12-14(6-4-2)8-10-18(16)20;1-2-3-8-11-9-6-4-5-7-10(9)12(13)14-11/h3-4,7-12,19-20H,1-2,5-6H2;5,7-8H,2-4,6H2,1H3/b;11-8+. The number of phenols is 2. The zero-order valence-corrected chi connectivity index (χ0v) is 19.7. The number of carbonyl (C=O) groups excluding carboxylic acids is 1. The first-order chi connectivity index (χ1) is 16.5. The van der Waals surface area contributed by atoms with Gasteiger partial charge in [0.05, 0.1) is 5.57 Å². The molecule has 0 aromatic heterocycles. The van der Waals surface area contributed by atoms with Crippen LogP contribution in [0.15, 0.2) is 96.8 Å². The molecular formula is C30H32O4. The molecule has 0 saturated heterocycles. The van der Waals surface area contributed by atoms with Gasteiger partial charge < -0.3 is 14.9 Å². The maximum absolute atomic E-state index is 11.4. The van der Waals surface area contributed by atoms with Gasteiger partial charge in [-0.1, -0.05) is 49.8 Å². The lowest BCUT2D eigenvalue weighted by molar-refractivity contribution is -0.132. The third kappa shape index (κ3) is 5.96. The molecule has 1 aliphatic heterocycles. The van der Waals surface area contributed by atoms with Crippen LogP contribution in [0.2, 0.25) is 0 Å². The summed E-state index contributed by atoms with van der Waals surface area (Å²) in [6, 6.07) is 10.8. The highest BCUT2D eigenvalue weighted by Gasteiger charge is 2.28. The van der Waals surface area contributed by atoms with Crippen LogP contribution in [0.4, 0.5) is 0 Å². The molecule has 1 aliphatic carbocycles. The predicted octanol–water partition coefficient (Wildman–Crippen LogP) is 7.10. The van der Waals surface area contributed by atoms with Crippen LogP contribution in [0, 0.1) is 0 Å². The number of unbranched alkanes of at least 4 members (excludes halogenated alkanes) is 1. The third-order valence-corrected chi connectivity index (χ3v) is 5.68. The second-order valence-corrected chi connectivity index (χ2v) is 8.27. The summed E-state index contributed by atoms with van der Waals surface area (Å²) in [4.78, 5) is 11.4. The van der Waals surface area contributed by atoms with Crippen LogP contribution in [0.5, 0.6) is 11.5 Å². The molecule has 4 heteroatoms.